The lowest BCUT2D eigenvalue weighted by atomic mass is 9.93. The molecule has 1 amide bonds. The van der Waals surface area contributed by atoms with Crippen molar-refractivity contribution in [1.29, 1.82) is 0 Å². The molecule has 0 radical (unpaired) electrons. The molecule has 4 nitrogen and oxygen atoms in total. The Kier molecular flexibility index (Phi) is 4.92. The van der Waals surface area contributed by atoms with Gasteiger partial charge in [0.1, 0.15) is 5.69 Å². The molecule has 3 unspecified atom stereocenters. The van der Waals surface area contributed by atoms with E-state index >= 15 is 0 Å². The zero-order valence-electron chi connectivity index (χ0n) is 14.9. The summed E-state index contributed by atoms with van der Waals surface area (Å²) in [5, 5.41) is 4.74. The van der Waals surface area contributed by atoms with Crippen molar-refractivity contribution in [2.24, 2.45) is 17.8 Å². The Morgan fingerprint density at radius 3 is 2.96 bits per heavy atom. The topological polar surface area (TPSA) is 54.9 Å². The highest BCUT2D eigenvalue weighted by Crippen LogP contribution is 2.53. The summed E-state index contributed by atoms with van der Waals surface area (Å²) in [6.07, 6.45) is 6.98. The van der Waals surface area contributed by atoms with Crippen LogP contribution >= 0.6 is 22.7 Å². The van der Waals surface area contributed by atoms with Gasteiger partial charge in [0.05, 0.1) is 5.83 Å². The van der Waals surface area contributed by atoms with E-state index in [0.29, 0.717) is 24.1 Å². The fourth-order valence-electron chi connectivity index (χ4n) is 3.66. The fourth-order valence-corrected chi connectivity index (χ4v) is 5.61. The van der Waals surface area contributed by atoms with Crippen molar-refractivity contribution in [3.05, 3.63) is 33.5 Å². The van der Waals surface area contributed by atoms with Crippen molar-refractivity contribution in [3.8, 4) is 10.0 Å². The van der Waals surface area contributed by atoms with E-state index in [1.54, 1.807) is 28.7 Å². The van der Waals surface area contributed by atoms with Crippen LogP contribution in [-0.2, 0) is 6.42 Å². The second kappa shape index (κ2) is 7.19. The molecule has 2 aliphatic carbocycles. The molecule has 2 aliphatic rings. The van der Waals surface area contributed by atoms with Gasteiger partial charge in [0.2, 0.25) is 0 Å². The van der Waals surface area contributed by atoms with Gasteiger partial charge in [0, 0.05) is 28.4 Å². The summed E-state index contributed by atoms with van der Waals surface area (Å²) >= 11 is 3.16. The van der Waals surface area contributed by atoms with Crippen LogP contribution in [0.15, 0.2) is 18.1 Å². The lowest BCUT2D eigenvalue weighted by Gasteiger charge is -2.19. The number of thiazole rings is 2. The minimum absolute atomic E-state index is 0.0469. The van der Waals surface area contributed by atoms with Gasteiger partial charge in [0.15, 0.2) is 10.0 Å². The first-order valence-electron chi connectivity index (χ1n) is 9.13. The van der Waals surface area contributed by atoms with Gasteiger partial charge in [-0.1, -0.05) is 19.4 Å². The zero-order valence-corrected chi connectivity index (χ0v) is 16.6. The number of rotatable bonds is 6. The first kappa shape index (κ1) is 17.8. The molecule has 1 saturated carbocycles. The number of amides is 1. The molecular weight excluding hydrogens is 369 g/mol. The Morgan fingerprint density at radius 2 is 2.23 bits per heavy atom. The molecule has 26 heavy (non-hydrogen) atoms. The number of allylic oxidation sites excluding steroid dienone is 2. The van der Waals surface area contributed by atoms with Crippen LogP contribution in [0.5, 0.6) is 0 Å². The van der Waals surface area contributed by atoms with Gasteiger partial charge < -0.3 is 5.32 Å². The maximum absolute atomic E-state index is 13.5. The van der Waals surface area contributed by atoms with Gasteiger partial charge in [0.25, 0.3) is 5.91 Å². The molecule has 0 aliphatic heterocycles. The minimum Gasteiger partial charge on any atom is -0.350 e. The Hall–Kier alpha value is -1.60. The van der Waals surface area contributed by atoms with Gasteiger partial charge in [-0.3, -0.25) is 4.79 Å². The Morgan fingerprint density at radius 1 is 1.38 bits per heavy atom. The lowest BCUT2D eigenvalue weighted by molar-refractivity contribution is 0.0939. The number of hydrogen-bond acceptors (Lipinski definition) is 5. The highest BCUT2D eigenvalue weighted by Gasteiger charge is 2.47. The summed E-state index contributed by atoms with van der Waals surface area (Å²) in [6, 6.07) is 0. The molecular formula is C19H22FN3OS2. The first-order valence-corrected chi connectivity index (χ1v) is 10.8. The Labute approximate surface area is 160 Å². The summed E-state index contributed by atoms with van der Waals surface area (Å²) in [7, 11) is 0. The maximum atomic E-state index is 13.5. The number of halogens is 1. The van der Waals surface area contributed by atoms with Crippen LogP contribution in [0.3, 0.4) is 0 Å². The van der Waals surface area contributed by atoms with Crippen molar-refractivity contribution in [1.82, 2.24) is 15.3 Å². The number of fused-ring (bicyclic) bond motifs is 1. The van der Waals surface area contributed by atoms with Crippen molar-refractivity contribution in [3.63, 3.8) is 0 Å². The van der Waals surface area contributed by atoms with E-state index in [4.69, 9.17) is 0 Å². The normalized spacial score (nSPS) is 24.1. The molecule has 0 spiro atoms. The SMILES string of the molecule is CCCc1sc(-c2ncc(C)s2)nc1C(=O)NCC1CC=C(F)C2CC12. The third-order valence-corrected chi connectivity index (χ3v) is 7.30. The van der Waals surface area contributed by atoms with Gasteiger partial charge >= 0.3 is 0 Å². The molecule has 1 N–H and O–H groups in total. The molecule has 0 bridgehead atoms. The predicted molar refractivity (Wildman–Crippen MR) is 103 cm³/mol. The molecule has 1 fully saturated rings. The molecule has 0 aromatic carbocycles. The van der Waals surface area contributed by atoms with Crippen LogP contribution < -0.4 is 5.32 Å². The molecule has 7 heteroatoms. The van der Waals surface area contributed by atoms with Crippen molar-refractivity contribution in [2.45, 2.75) is 39.5 Å². The first-order chi connectivity index (χ1) is 12.6. The zero-order chi connectivity index (χ0) is 18.3. The largest absolute Gasteiger partial charge is 0.350 e. The van der Waals surface area contributed by atoms with Gasteiger partial charge in [-0.25, -0.2) is 14.4 Å². The van der Waals surface area contributed by atoms with Crippen molar-refractivity contribution in [2.75, 3.05) is 6.54 Å². The number of carbonyl (C=O) groups excluding carboxylic acids is 1. The molecule has 2 heterocycles. The van der Waals surface area contributed by atoms with E-state index in [1.807, 2.05) is 13.1 Å². The van der Waals surface area contributed by atoms with Gasteiger partial charge in [-0.2, -0.15) is 0 Å². The minimum atomic E-state index is -0.114. The highest BCUT2D eigenvalue weighted by atomic mass is 32.1. The number of hydrogen-bond donors (Lipinski definition) is 1. The summed E-state index contributed by atoms with van der Waals surface area (Å²) in [6.45, 7) is 4.71. The van der Waals surface area contributed by atoms with Crippen LogP contribution in [0.1, 0.15) is 46.4 Å². The van der Waals surface area contributed by atoms with Crippen LogP contribution in [0.2, 0.25) is 0 Å². The number of nitrogens with one attached hydrogen (secondary N) is 1. The summed E-state index contributed by atoms with van der Waals surface area (Å²) in [5.74, 6) is 0.792. The standard InChI is InChI=1S/C19H22FN3OS2/c1-3-4-15-16(23-19(26-15)18-22-8-10(2)25-18)17(24)21-9-11-5-6-14(20)13-7-12(11)13/h6,8,11-13H,3-5,7,9H2,1-2H3,(H,21,24). The predicted octanol–water partition coefficient (Wildman–Crippen LogP) is 4.77. The van der Waals surface area contributed by atoms with E-state index in [9.17, 15) is 9.18 Å². The number of carbonyl (C=O) groups is 1. The molecule has 4 rings (SSSR count). The Bertz CT molecular complexity index is 857. The molecule has 0 saturated heterocycles. The van der Waals surface area contributed by atoms with Crippen LogP contribution in [0.4, 0.5) is 4.39 Å². The third-order valence-electron chi connectivity index (χ3n) is 5.13. The van der Waals surface area contributed by atoms with Crippen LogP contribution in [-0.4, -0.2) is 22.4 Å². The van der Waals surface area contributed by atoms with Gasteiger partial charge in [-0.15, -0.1) is 22.7 Å². The summed E-state index contributed by atoms with van der Waals surface area (Å²) < 4.78 is 13.5. The fraction of sp³-hybridized carbons (Fsp3) is 0.526. The smallest absolute Gasteiger partial charge is 0.271 e. The quantitative estimate of drug-likeness (QED) is 0.772. The second-order valence-corrected chi connectivity index (χ2v) is 9.44. The number of aromatic nitrogens is 2. The van der Waals surface area contributed by atoms with E-state index in [0.717, 1.165) is 45.5 Å². The maximum Gasteiger partial charge on any atom is 0.271 e. The summed E-state index contributed by atoms with van der Waals surface area (Å²) in [4.78, 5) is 23.9. The lowest BCUT2D eigenvalue weighted by Crippen LogP contribution is -2.31. The monoisotopic (exact) mass is 391 g/mol. The second-order valence-electron chi connectivity index (χ2n) is 7.12. The van der Waals surface area contributed by atoms with Crippen LogP contribution in [0, 0.1) is 24.7 Å². The average molecular weight is 392 g/mol. The highest BCUT2D eigenvalue weighted by molar-refractivity contribution is 7.21. The average Bonchev–Trinajstić information content (AvgIpc) is 3.15. The summed E-state index contributed by atoms with van der Waals surface area (Å²) in [5.41, 5.74) is 0.532. The van der Waals surface area contributed by atoms with E-state index in [-0.39, 0.29) is 17.7 Å². The van der Waals surface area contributed by atoms with E-state index in [2.05, 4.69) is 22.2 Å². The Balaban J connectivity index is 1.47. The molecule has 2 aromatic rings. The number of aryl methyl sites for hydroxylation is 2. The van der Waals surface area contributed by atoms with Crippen molar-refractivity contribution < 1.29 is 9.18 Å². The molecule has 3 atom stereocenters. The molecule has 2 aromatic heterocycles. The number of nitrogens with zero attached hydrogens (tertiary/aromatic N) is 2. The van der Waals surface area contributed by atoms with Gasteiger partial charge in [-0.05, 0) is 38.0 Å². The van der Waals surface area contributed by atoms with E-state index in [1.165, 1.54) is 0 Å². The van der Waals surface area contributed by atoms with E-state index < -0.39 is 0 Å². The molecule has 138 valence electrons. The van der Waals surface area contributed by atoms with Crippen molar-refractivity contribution >= 4 is 28.6 Å². The third kappa shape index (κ3) is 3.47. The van der Waals surface area contributed by atoms with Crippen LogP contribution in [0.25, 0.3) is 10.0 Å².